The van der Waals surface area contributed by atoms with Gasteiger partial charge in [-0.2, -0.15) is 0 Å². The third-order valence-electron chi connectivity index (χ3n) is 5.88. The van der Waals surface area contributed by atoms with Gasteiger partial charge >= 0.3 is 5.97 Å². The molecule has 158 valence electrons. The van der Waals surface area contributed by atoms with Crippen LogP contribution in [0, 0.1) is 11.8 Å². The third-order valence-corrected chi connectivity index (χ3v) is 5.88. The highest BCUT2D eigenvalue weighted by molar-refractivity contribution is 5.71. The largest absolute Gasteiger partial charge is 0.460 e. The minimum atomic E-state index is -0.507. The normalized spacial score (nSPS) is 23.5. The van der Waals surface area contributed by atoms with Crippen molar-refractivity contribution in [2.24, 2.45) is 11.8 Å². The fourth-order valence-electron chi connectivity index (χ4n) is 4.58. The predicted octanol–water partition coefficient (Wildman–Crippen LogP) is 5.29. The van der Waals surface area contributed by atoms with Gasteiger partial charge in [0.2, 0.25) is 0 Å². The Labute approximate surface area is 169 Å². The summed E-state index contributed by atoms with van der Waals surface area (Å²) in [6, 6.07) is 0. The summed E-state index contributed by atoms with van der Waals surface area (Å²) in [6.07, 6.45) is 6.73. The van der Waals surface area contributed by atoms with Crippen LogP contribution in [0.3, 0.4) is 0 Å². The molecule has 1 aromatic heterocycles. The molecule has 2 saturated carbocycles. The van der Waals surface area contributed by atoms with Crippen LogP contribution in [0.1, 0.15) is 114 Å². The number of aromatic nitrogens is 1. The number of carbonyl (C=O) groups excluding carboxylic acids is 1. The fraction of sp³-hybridized carbons (Fsp3) is 0.826. The van der Waals surface area contributed by atoms with Crippen LogP contribution in [-0.2, 0) is 9.53 Å². The minimum absolute atomic E-state index is 0.0274. The monoisotopic (exact) mass is 391 g/mol. The number of esters is 1. The molecular formula is C23H37NO4. The molecule has 1 aromatic rings. The lowest BCUT2D eigenvalue weighted by atomic mass is 9.69. The average molecular weight is 392 g/mol. The van der Waals surface area contributed by atoms with Gasteiger partial charge in [-0.15, -0.1) is 0 Å². The van der Waals surface area contributed by atoms with Gasteiger partial charge in [-0.05, 0) is 77.0 Å². The molecule has 1 heterocycles. The molecule has 2 fully saturated rings. The van der Waals surface area contributed by atoms with Crippen molar-refractivity contribution in [1.29, 1.82) is 0 Å². The molecular weight excluding hydrogens is 354 g/mol. The van der Waals surface area contributed by atoms with Crippen LogP contribution in [0.4, 0.5) is 0 Å². The summed E-state index contributed by atoms with van der Waals surface area (Å²) in [5, 5.41) is 14.0. The van der Waals surface area contributed by atoms with E-state index in [-0.39, 0.29) is 24.9 Å². The Balaban J connectivity index is 1.74. The zero-order valence-corrected chi connectivity index (χ0v) is 18.2. The van der Waals surface area contributed by atoms with Gasteiger partial charge in [-0.25, -0.2) is 0 Å². The third kappa shape index (κ3) is 5.37. The van der Waals surface area contributed by atoms with Gasteiger partial charge in [0.05, 0.1) is 12.1 Å². The number of hydrogen-bond donors (Lipinski definition) is 1. The SMILES string of the molecule is CC(C)CC1CC(c2onc(C(CCO)CC(=O)OC(C)(C)C)c2C2CC2)C1. The van der Waals surface area contributed by atoms with E-state index in [4.69, 9.17) is 9.26 Å². The summed E-state index contributed by atoms with van der Waals surface area (Å²) < 4.78 is 11.4. The molecule has 2 aliphatic rings. The lowest BCUT2D eigenvalue weighted by Crippen LogP contribution is -2.25. The van der Waals surface area contributed by atoms with Crippen molar-refractivity contribution in [3.8, 4) is 0 Å². The van der Waals surface area contributed by atoms with Crippen molar-refractivity contribution in [1.82, 2.24) is 5.16 Å². The van der Waals surface area contributed by atoms with Gasteiger partial charge in [-0.3, -0.25) is 4.79 Å². The molecule has 0 aliphatic heterocycles. The predicted molar refractivity (Wildman–Crippen MR) is 108 cm³/mol. The summed E-state index contributed by atoms with van der Waals surface area (Å²) in [4.78, 5) is 12.4. The Kier molecular flexibility index (Phi) is 6.53. The Hall–Kier alpha value is -1.36. The molecule has 5 heteroatoms. The smallest absolute Gasteiger partial charge is 0.306 e. The first-order chi connectivity index (χ1) is 13.2. The zero-order chi connectivity index (χ0) is 20.5. The van der Waals surface area contributed by atoms with Crippen molar-refractivity contribution in [2.45, 2.75) is 103 Å². The first kappa shape index (κ1) is 21.4. The lowest BCUT2D eigenvalue weighted by Gasteiger charge is -2.35. The van der Waals surface area contributed by atoms with Crippen molar-refractivity contribution in [2.75, 3.05) is 6.61 Å². The number of carbonyl (C=O) groups is 1. The van der Waals surface area contributed by atoms with E-state index in [2.05, 4.69) is 19.0 Å². The van der Waals surface area contributed by atoms with E-state index in [1.807, 2.05) is 20.8 Å². The molecule has 0 spiro atoms. The van der Waals surface area contributed by atoms with Gasteiger partial charge in [0.25, 0.3) is 0 Å². The first-order valence-corrected chi connectivity index (χ1v) is 11.0. The summed E-state index contributed by atoms with van der Waals surface area (Å²) in [6.45, 7) is 10.2. The number of aliphatic hydroxyl groups excluding tert-OH is 1. The van der Waals surface area contributed by atoms with E-state index in [0.29, 0.717) is 18.3 Å². The molecule has 3 rings (SSSR count). The zero-order valence-electron chi connectivity index (χ0n) is 18.2. The molecule has 2 aliphatic carbocycles. The van der Waals surface area contributed by atoms with Gasteiger partial charge in [0.15, 0.2) is 0 Å². The number of hydrogen-bond acceptors (Lipinski definition) is 5. The van der Waals surface area contributed by atoms with Crippen LogP contribution in [0.2, 0.25) is 0 Å². The highest BCUT2D eigenvalue weighted by Gasteiger charge is 2.41. The molecule has 1 N–H and O–H groups in total. The van der Waals surface area contributed by atoms with Gasteiger partial charge in [-0.1, -0.05) is 19.0 Å². The standard InChI is InChI=1S/C23H37NO4/c1-14(2)10-15-11-18(12-15)22-20(16-6-7-16)21(24-28-22)17(8-9-25)13-19(26)27-23(3,4)5/h14-18,25H,6-13H2,1-5H3. The number of rotatable bonds is 9. The van der Waals surface area contributed by atoms with Gasteiger partial charge in [0.1, 0.15) is 11.4 Å². The summed E-state index contributed by atoms with van der Waals surface area (Å²) in [7, 11) is 0. The van der Waals surface area contributed by atoms with Crippen molar-refractivity contribution >= 4 is 5.97 Å². The molecule has 5 nitrogen and oxygen atoms in total. The van der Waals surface area contributed by atoms with Crippen LogP contribution in [-0.4, -0.2) is 28.4 Å². The van der Waals surface area contributed by atoms with Crippen LogP contribution in [0.25, 0.3) is 0 Å². The number of nitrogens with zero attached hydrogens (tertiary/aromatic N) is 1. The summed E-state index contributed by atoms with van der Waals surface area (Å²) in [5.41, 5.74) is 1.63. The van der Waals surface area contributed by atoms with Crippen LogP contribution >= 0.6 is 0 Å². The van der Waals surface area contributed by atoms with Crippen LogP contribution in [0.15, 0.2) is 4.52 Å². The Morgan fingerprint density at radius 3 is 2.46 bits per heavy atom. The van der Waals surface area contributed by atoms with Crippen molar-refractivity contribution < 1.29 is 19.2 Å². The van der Waals surface area contributed by atoms with Crippen LogP contribution < -0.4 is 0 Å². The van der Waals surface area contributed by atoms with E-state index >= 15 is 0 Å². The maximum absolute atomic E-state index is 12.4. The number of aliphatic hydroxyl groups is 1. The Bertz CT molecular complexity index is 663. The van der Waals surface area contributed by atoms with Crippen molar-refractivity contribution in [3.63, 3.8) is 0 Å². The molecule has 0 radical (unpaired) electrons. The second-order valence-electron chi connectivity index (χ2n) is 10.3. The van der Waals surface area contributed by atoms with E-state index in [1.54, 1.807) is 0 Å². The molecule has 0 amide bonds. The second-order valence-corrected chi connectivity index (χ2v) is 10.3. The summed E-state index contributed by atoms with van der Waals surface area (Å²) in [5.74, 6) is 3.20. The number of ether oxygens (including phenoxy) is 1. The van der Waals surface area contributed by atoms with E-state index in [1.165, 1.54) is 37.7 Å². The fourth-order valence-corrected chi connectivity index (χ4v) is 4.58. The van der Waals surface area contributed by atoms with Gasteiger partial charge < -0.3 is 14.4 Å². The van der Waals surface area contributed by atoms with Crippen molar-refractivity contribution in [3.05, 3.63) is 17.0 Å². The Morgan fingerprint density at radius 1 is 1.25 bits per heavy atom. The first-order valence-electron chi connectivity index (χ1n) is 11.0. The molecule has 0 saturated heterocycles. The van der Waals surface area contributed by atoms with E-state index < -0.39 is 5.60 Å². The topological polar surface area (TPSA) is 72.6 Å². The average Bonchev–Trinajstić information content (AvgIpc) is 3.27. The maximum Gasteiger partial charge on any atom is 0.306 e. The Morgan fingerprint density at radius 2 is 1.93 bits per heavy atom. The van der Waals surface area contributed by atoms with Gasteiger partial charge in [0, 0.05) is 24.0 Å². The molecule has 0 aromatic carbocycles. The highest BCUT2D eigenvalue weighted by Crippen LogP contribution is 2.52. The second kappa shape index (κ2) is 8.56. The lowest BCUT2D eigenvalue weighted by molar-refractivity contribution is -0.155. The highest BCUT2D eigenvalue weighted by atomic mass is 16.6. The van der Waals surface area contributed by atoms with E-state index in [0.717, 1.165) is 23.3 Å². The summed E-state index contributed by atoms with van der Waals surface area (Å²) >= 11 is 0. The molecule has 1 atom stereocenters. The minimum Gasteiger partial charge on any atom is -0.460 e. The van der Waals surface area contributed by atoms with Crippen LogP contribution in [0.5, 0.6) is 0 Å². The quantitative estimate of drug-likeness (QED) is 0.579. The van der Waals surface area contributed by atoms with E-state index in [9.17, 15) is 9.90 Å². The molecule has 1 unspecified atom stereocenters. The maximum atomic E-state index is 12.4. The molecule has 28 heavy (non-hydrogen) atoms. The molecule has 0 bridgehead atoms.